The van der Waals surface area contributed by atoms with Crippen molar-refractivity contribution in [3.63, 3.8) is 0 Å². The summed E-state index contributed by atoms with van der Waals surface area (Å²) >= 11 is 6.58. The number of benzene rings is 3. The average molecular weight is 590 g/mol. The minimum atomic E-state index is -0.911. The number of hydrogen-bond donors (Lipinski definition) is 0. The Kier molecular flexibility index (Phi) is 6.74. The van der Waals surface area contributed by atoms with Crippen LogP contribution in [0.4, 0.5) is 14.6 Å². The number of nitrogens with zero attached hydrogens (tertiary/aromatic N) is 5. The summed E-state index contributed by atoms with van der Waals surface area (Å²) < 4.78 is 36.6. The summed E-state index contributed by atoms with van der Waals surface area (Å²) in [6, 6.07) is 14.9. The van der Waals surface area contributed by atoms with E-state index in [1.54, 1.807) is 12.1 Å². The Labute approximate surface area is 247 Å². The predicted molar refractivity (Wildman–Crippen MR) is 160 cm³/mol. The number of amides is 1. The van der Waals surface area contributed by atoms with Crippen LogP contribution in [0.2, 0.25) is 5.02 Å². The second-order valence-corrected chi connectivity index (χ2v) is 11.8. The zero-order chi connectivity index (χ0) is 29.1. The van der Waals surface area contributed by atoms with E-state index in [1.807, 2.05) is 53.2 Å². The first-order chi connectivity index (χ1) is 20.3. The maximum Gasteiger partial charge on any atom is 0.319 e. The van der Waals surface area contributed by atoms with Gasteiger partial charge in [-0.15, -0.1) is 0 Å². The fourth-order valence-corrected chi connectivity index (χ4v) is 7.05. The van der Waals surface area contributed by atoms with Crippen molar-refractivity contribution in [2.24, 2.45) is 0 Å². The van der Waals surface area contributed by atoms with Gasteiger partial charge in [0, 0.05) is 47.0 Å². The van der Waals surface area contributed by atoms with Crippen molar-refractivity contribution < 1.29 is 18.3 Å². The van der Waals surface area contributed by atoms with Crippen molar-refractivity contribution in [1.82, 2.24) is 19.8 Å². The molecule has 0 aliphatic carbocycles. The largest absolute Gasteiger partial charge is 0.462 e. The monoisotopic (exact) mass is 589 g/mol. The van der Waals surface area contributed by atoms with E-state index >= 15 is 4.39 Å². The van der Waals surface area contributed by atoms with E-state index in [1.165, 1.54) is 6.08 Å². The molecule has 4 heterocycles. The summed E-state index contributed by atoms with van der Waals surface area (Å²) in [5.41, 5.74) is 1.18. The first-order valence-corrected chi connectivity index (χ1v) is 14.6. The highest BCUT2D eigenvalue weighted by Gasteiger charge is 2.49. The molecule has 0 bridgehead atoms. The van der Waals surface area contributed by atoms with E-state index in [2.05, 4.69) is 16.5 Å². The quantitative estimate of drug-likeness (QED) is 0.271. The van der Waals surface area contributed by atoms with Crippen LogP contribution in [0.3, 0.4) is 0 Å². The molecule has 216 valence electrons. The number of carbonyl (C=O) groups is 1. The molecule has 7 rings (SSSR count). The Morgan fingerprint density at radius 1 is 1.12 bits per heavy atom. The number of ether oxygens (including phenoxy) is 1. The topological polar surface area (TPSA) is 61.8 Å². The second kappa shape index (κ2) is 10.5. The fraction of sp³-hybridized carbons (Fsp3) is 0.344. The second-order valence-electron chi connectivity index (χ2n) is 11.3. The molecular weight excluding hydrogens is 560 g/mol. The van der Waals surface area contributed by atoms with Crippen molar-refractivity contribution in [1.29, 1.82) is 0 Å². The Morgan fingerprint density at radius 3 is 2.69 bits per heavy atom. The minimum absolute atomic E-state index is 0.0421. The third kappa shape index (κ3) is 4.37. The first-order valence-electron chi connectivity index (χ1n) is 14.2. The molecule has 4 aromatic rings. The lowest BCUT2D eigenvalue weighted by molar-refractivity contribution is -0.127. The number of anilines is 1. The third-order valence-electron chi connectivity index (χ3n) is 8.98. The van der Waals surface area contributed by atoms with Crippen LogP contribution in [0.25, 0.3) is 32.8 Å². The number of fused-ring (bicyclic) bond motifs is 3. The van der Waals surface area contributed by atoms with Crippen LogP contribution in [0.1, 0.15) is 12.8 Å². The fourth-order valence-electron chi connectivity index (χ4n) is 6.77. The van der Waals surface area contributed by atoms with Gasteiger partial charge in [-0.05, 0) is 49.0 Å². The minimum Gasteiger partial charge on any atom is -0.462 e. The molecule has 4 atom stereocenters. The zero-order valence-corrected chi connectivity index (χ0v) is 23.9. The molecule has 3 aromatic carbocycles. The molecule has 3 aliphatic rings. The lowest BCUT2D eigenvalue weighted by atomic mass is 9.94. The molecule has 3 saturated heterocycles. The number of rotatable bonds is 6. The Morgan fingerprint density at radius 2 is 1.93 bits per heavy atom. The van der Waals surface area contributed by atoms with E-state index in [0.29, 0.717) is 53.4 Å². The van der Waals surface area contributed by atoms with Crippen molar-refractivity contribution in [3.8, 4) is 17.1 Å². The summed E-state index contributed by atoms with van der Waals surface area (Å²) in [4.78, 5) is 27.5. The highest BCUT2D eigenvalue weighted by Crippen LogP contribution is 2.42. The third-order valence-corrected chi connectivity index (χ3v) is 9.29. The van der Waals surface area contributed by atoms with Crippen LogP contribution in [0.5, 0.6) is 6.01 Å². The van der Waals surface area contributed by atoms with E-state index in [9.17, 15) is 9.18 Å². The summed E-state index contributed by atoms with van der Waals surface area (Å²) in [5, 5.41) is 2.77. The summed E-state index contributed by atoms with van der Waals surface area (Å²) in [5.74, 6) is -0.0223. The van der Waals surface area contributed by atoms with Crippen molar-refractivity contribution in [3.05, 3.63) is 72.0 Å². The van der Waals surface area contributed by atoms with E-state index in [0.717, 1.165) is 17.2 Å². The molecule has 3 fully saturated rings. The highest BCUT2D eigenvalue weighted by atomic mass is 35.5. The van der Waals surface area contributed by atoms with Crippen LogP contribution in [0, 0.1) is 5.82 Å². The molecule has 0 N–H and O–H groups in total. The molecule has 7 nitrogen and oxygen atoms in total. The normalized spacial score (nSPS) is 23.8. The maximum absolute atomic E-state index is 16.6. The molecule has 1 unspecified atom stereocenters. The maximum atomic E-state index is 16.6. The van der Waals surface area contributed by atoms with Gasteiger partial charge >= 0.3 is 6.01 Å². The first kappa shape index (κ1) is 27.0. The van der Waals surface area contributed by atoms with Crippen molar-refractivity contribution >= 4 is 45.0 Å². The number of halogens is 3. The van der Waals surface area contributed by atoms with Crippen LogP contribution in [0.15, 0.2) is 61.2 Å². The molecule has 1 amide bonds. The van der Waals surface area contributed by atoms with Crippen LogP contribution < -0.4 is 9.64 Å². The standard InChI is InChI=1S/C32H30ClF2N5O2/c1-3-27(41)39-13-12-25-26(39)16-40(25)31-23-11-10-22(21-8-4-6-18-7-5-9-24(33)28(18)21)29(35)30(23)36-32(37-31)42-17-20-14-19(34)15-38(20)2/h3-11,19-20,25-26H,1,12-17H2,2H3/t19-,20+,25?,26-/m1/s1. The van der Waals surface area contributed by atoms with Crippen LogP contribution >= 0.6 is 11.6 Å². The van der Waals surface area contributed by atoms with Gasteiger partial charge in [0.05, 0.1) is 12.1 Å². The van der Waals surface area contributed by atoms with Gasteiger partial charge in [-0.1, -0.05) is 54.6 Å². The van der Waals surface area contributed by atoms with E-state index < -0.39 is 12.0 Å². The molecule has 0 spiro atoms. The number of hydrogen-bond acceptors (Lipinski definition) is 6. The van der Waals surface area contributed by atoms with Gasteiger partial charge in [0.1, 0.15) is 24.1 Å². The average Bonchev–Trinajstić information content (AvgIpc) is 3.48. The molecule has 42 heavy (non-hydrogen) atoms. The lowest BCUT2D eigenvalue weighted by Crippen LogP contribution is -2.63. The molecule has 0 radical (unpaired) electrons. The van der Waals surface area contributed by atoms with Crippen LogP contribution in [-0.4, -0.2) is 83.3 Å². The summed E-state index contributed by atoms with van der Waals surface area (Å²) in [6.07, 6.45) is 1.56. The summed E-state index contributed by atoms with van der Waals surface area (Å²) in [7, 11) is 1.86. The van der Waals surface area contributed by atoms with Gasteiger partial charge in [-0.3, -0.25) is 9.69 Å². The van der Waals surface area contributed by atoms with E-state index in [-0.39, 0.29) is 42.2 Å². The molecule has 0 saturated carbocycles. The molecular formula is C32H30ClF2N5O2. The predicted octanol–water partition coefficient (Wildman–Crippen LogP) is 5.64. The Bertz CT molecular complexity index is 1730. The zero-order valence-electron chi connectivity index (χ0n) is 23.1. The lowest BCUT2D eigenvalue weighted by Gasteiger charge is -2.47. The van der Waals surface area contributed by atoms with Gasteiger partial charge in [0.25, 0.3) is 0 Å². The number of likely N-dealkylation sites (N-methyl/N-ethyl adjacent to an activating group) is 1. The van der Waals surface area contributed by atoms with Crippen molar-refractivity contribution in [2.45, 2.75) is 37.1 Å². The van der Waals surface area contributed by atoms with Gasteiger partial charge < -0.3 is 14.5 Å². The van der Waals surface area contributed by atoms with Crippen LogP contribution in [-0.2, 0) is 4.79 Å². The smallest absolute Gasteiger partial charge is 0.319 e. The SMILES string of the molecule is C=CC(=O)N1CCC2[C@H]1CN2c1nc(OC[C@@H]2C[C@@H](F)CN2C)nc2c(F)c(-c3cccc4cccc(Cl)c34)ccc12. The van der Waals surface area contributed by atoms with Crippen molar-refractivity contribution in [2.75, 3.05) is 38.2 Å². The van der Waals surface area contributed by atoms with Gasteiger partial charge in [0.15, 0.2) is 5.82 Å². The number of alkyl halides is 1. The van der Waals surface area contributed by atoms with E-state index in [4.69, 9.17) is 21.3 Å². The van der Waals surface area contributed by atoms with Gasteiger partial charge in [0.2, 0.25) is 5.91 Å². The molecule has 1 aromatic heterocycles. The van der Waals surface area contributed by atoms with Gasteiger partial charge in [-0.25, -0.2) is 8.78 Å². The number of aromatic nitrogens is 2. The number of likely N-dealkylation sites (tertiary alicyclic amines) is 2. The number of carbonyl (C=O) groups excluding carboxylic acids is 1. The Balaban J connectivity index is 1.32. The molecule has 3 aliphatic heterocycles. The highest BCUT2D eigenvalue weighted by molar-refractivity contribution is 6.36. The summed E-state index contributed by atoms with van der Waals surface area (Å²) in [6.45, 7) is 5.36. The van der Waals surface area contributed by atoms with Gasteiger partial charge in [-0.2, -0.15) is 9.97 Å². The molecule has 10 heteroatoms. The Hall–Kier alpha value is -3.82.